The second kappa shape index (κ2) is 5.50. The summed E-state index contributed by atoms with van der Waals surface area (Å²) in [5, 5.41) is 4.12. The summed E-state index contributed by atoms with van der Waals surface area (Å²) in [7, 11) is 1.38. The zero-order valence-electron chi connectivity index (χ0n) is 9.14. The van der Waals surface area contributed by atoms with Crippen LogP contribution in [0.2, 0.25) is 0 Å². The lowest BCUT2D eigenvalue weighted by Crippen LogP contribution is -2.17. The van der Waals surface area contributed by atoms with Crippen LogP contribution in [0.1, 0.15) is 31.5 Å². The lowest BCUT2D eigenvalue weighted by Gasteiger charge is -2.12. The smallest absolute Gasteiger partial charge is 0.305 e. The molecule has 0 amide bonds. The molecule has 1 rings (SSSR count). The Bertz CT molecular complexity index is 322. The Morgan fingerprint density at radius 3 is 3.07 bits per heavy atom. The second-order valence-electron chi connectivity index (χ2n) is 3.29. The number of ether oxygens (including phenoxy) is 1. The van der Waals surface area contributed by atoms with E-state index in [0.717, 1.165) is 12.2 Å². The van der Waals surface area contributed by atoms with Crippen LogP contribution in [0.4, 0.5) is 0 Å². The molecule has 0 aliphatic carbocycles. The van der Waals surface area contributed by atoms with Crippen LogP contribution in [-0.4, -0.2) is 22.9 Å². The number of hydrogen-bond donors (Lipinski definition) is 1. The van der Waals surface area contributed by atoms with Crippen LogP contribution in [0.25, 0.3) is 0 Å². The summed E-state index contributed by atoms with van der Waals surface area (Å²) in [4.78, 5) is 10.9. The Hall–Kier alpha value is -1.36. The van der Waals surface area contributed by atoms with Crippen LogP contribution in [-0.2, 0) is 16.1 Å². The van der Waals surface area contributed by atoms with Gasteiger partial charge in [0.1, 0.15) is 0 Å². The van der Waals surface area contributed by atoms with Crippen molar-refractivity contribution >= 4 is 5.97 Å². The number of aryl methyl sites for hydroxylation is 1. The van der Waals surface area contributed by atoms with Gasteiger partial charge in [-0.15, -0.1) is 0 Å². The topological polar surface area (TPSA) is 70.1 Å². The third-order valence-corrected chi connectivity index (χ3v) is 2.32. The van der Waals surface area contributed by atoms with E-state index in [1.54, 1.807) is 6.20 Å². The lowest BCUT2D eigenvalue weighted by molar-refractivity contribution is -0.140. The fourth-order valence-electron chi connectivity index (χ4n) is 1.45. The Morgan fingerprint density at radius 2 is 2.47 bits per heavy atom. The molecule has 0 bridgehead atoms. The highest BCUT2D eigenvalue weighted by Gasteiger charge is 2.12. The molecule has 0 saturated heterocycles. The molecule has 0 fully saturated rings. The molecule has 0 saturated carbocycles. The van der Waals surface area contributed by atoms with Gasteiger partial charge in [-0.3, -0.25) is 9.48 Å². The molecule has 84 valence electrons. The van der Waals surface area contributed by atoms with Crippen molar-refractivity contribution in [2.45, 2.75) is 32.4 Å². The highest BCUT2D eigenvalue weighted by Crippen LogP contribution is 2.15. The maximum atomic E-state index is 10.9. The summed E-state index contributed by atoms with van der Waals surface area (Å²) in [5.41, 5.74) is 6.91. The fraction of sp³-hybridized carbons (Fsp3) is 0.600. The molecule has 0 aromatic carbocycles. The minimum Gasteiger partial charge on any atom is -0.469 e. The average Bonchev–Trinajstić information content (AvgIpc) is 2.73. The van der Waals surface area contributed by atoms with Gasteiger partial charge < -0.3 is 10.5 Å². The van der Waals surface area contributed by atoms with Crippen LogP contribution >= 0.6 is 0 Å². The molecular formula is C10H17N3O2. The van der Waals surface area contributed by atoms with Crippen LogP contribution in [0.3, 0.4) is 0 Å². The van der Waals surface area contributed by atoms with Crippen molar-refractivity contribution in [1.29, 1.82) is 0 Å². The van der Waals surface area contributed by atoms with E-state index in [0.29, 0.717) is 12.8 Å². The van der Waals surface area contributed by atoms with E-state index in [2.05, 4.69) is 9.84 Å². The molecule has 1 unspecified atom stereocenters. The SMILES string of the molecule is CCn1nccc1C(N)CCC(=O)OC. The van der Waals surface area contributed by atoms with E-state index in [1.165, 1.54) is 7.11 Å². The average molecular weight is 211 g/mol. The molecule has 0 radical (unpaired) electrons. The predicted molar refractivity (Wildman–Crippen MR) is 56.1 cm³/mol. The molecule has 1 atom stereocenters. The minimum atomic E-state index is -0.229. The molecular weight excluding hydrogens is 194 g/mol. The standard InChI is InChI=1S/C10H17N3O2/c1-3-13-9(6-7-12-13)8(11)4-5-10(14)15-2/h6-8H,3-5,11H2,1-2H3. The molecule has 1 aromatic rings. The summed E-state index contributed by atoms with van der Waals surface area (Å²) < 4.78 is 6.39. The molecule has 1 heterocycles. The first-order valence-corrected chi connectivity index (χ1v) is 5.03. The third-order valence-electron chi connectivity index (χ3n) is 2.32. The lowest BCUT2D eigenvalue weighted by atomic mass is 10.1. The van der Waals surface area contributed by atoms with Crippen molar-refractivity contribution in [1.82, 2.24) is 9.78 Å². The number of rotatable bonds is 5. The molecule has 5 nitrogen and oxygen atoms in total. The van der Waals surface area contributed by atoms with Crippen LogP contribution in [0.15, 0.2) is 12.3 Å². The number of nitrogens with zero attached hydrogens (tertiary/aromatic N) is 2. The van der Waals surface area contributed by atoms with Gasteiger partial charge >= 0.3 is 5.97 Å². The van der Waals surface area contributed by atoms with E-state index in [-0.39, 0.29) is 12.0 Å². The first-order valence-electron chi connectivity index (χ1n) is 5.03. The first-order chi connectivity index (χ1) is 7.19. The highest BCUT2D eigenvalue weighted by atomic mass is 16.5. The summed E-state index contributed by atoms with van der Waals surface area (Å²) in [6.45, 7) is 2.79. The molecule has 5 heteroatoms. The third kappa shape index (κ3) is 3.06. The monoisotopic (exact) mass is 211 g/mol. The molecule has 0 aliphatic heterocycles. The normalized spacial score (nSPS) is 12.5. The highest BCUT2D eigenvalue weighted by molar-refractivity contribution is 5.69. The van der Waals surface area contributed by atoms with Gasteiger partial charge in [0.15, 0.2) is 0 Å². The molecule has 15 heavy (non-hydrogen) atoms. The molecule has 0 aliphatic rings. The summed E-state index contributed by atoms with van der Waals surface area (Å²) in [5.74, 6) is -0.229. The van der Waals surface area contributed by atoms with Gasteiger partial charge in [-0.1, -0.05) is 0 Å². The van der Waals surface area contributed by atoms with Crippen molar-refractivity contribution in [3.05, 3.63) is 18.0 Å². The van der Waals surface area contributed by atoms with Gasteiger partial charge in [0.05, 0.1) is 12.8 Å². The van der Waals surface area contributed by atoms with E-state index in [1.807, 2.05) is 17.7 Å². The number of carbonyl (C=O) groups is 1. The molecule has 1 aromatic heterocycles. The van der Waals surface area contributed by atoms with Gasteiger partial charge in [-0.2, -0.15) is 5.10 Å². The summed E-state index contributed by atoms with van der Waals surface area (Å²) in [6, 6.07) is 1.72. The van der Waals surface area contributed by atoms with E-state index in [4.69, 9.17) is 5.73 Å². The van der Waals surface area contributed by atoms with Crippen molar-refractivity contribution in [3.63, 3.8) is 0 Å². The van der Waals surface area contributed by atoms with Gasteiger partial charge in [-0.25, -0.2) is 0 Å². The Morgan fingerprint density at radius 1 is 1.73 bits per heavy atom. The van der Waals surface area contributed by atoms with E-state index < -0.39 is 0 Å². The van der Waals surface area contributed by atoms with Crippen molar-refractivity contribution in [2.24, 2.45) is 5.73 Å². The summed E-state index contributed by atoms with van der Waals surface area (Å²) in [6.07, 6.45) is 2.64. The fourth-order valence-corrected chi connectivity index (χ4v) is 1.45. The molecule has 0 spiro atoms. The van der Waals surface area contributed by atoms with Crippen molar-refractivity contribution in [2.75, 3.05) is 7.11 Å². The largest absolute Gasteiger partial charge is 0.469 e. The Balaban J connectivity index is 2.53. The maximum absolute atomic E-state index is 10.9. The number of nitrogens with two attached hydrogens (primary N) is 1. The Labute approximate surface area is 89.2 Å². The zero-order valence-corrected chi connectivity index (χ0v) is 9.14. The minimum absolute atomic E-state index is 0.161. The number of hydrogen-bond acceptors (Lipinski definition) is 4. The van der Waals surface area contributed by atoms with Crippen molar-refractivity contribution < 1.29 is 9.53 Å². The van der Waals surface area contributed by atoms with Crippen LogP contribution in [0.5, 0.6) is 0 Å². The number of methoxy groups -OCH3 is 1. The predicted octanol–water partition coefficient (Wildman–Crippen LogP) is 0.856. The second-order valence-corrected chi connectivity index (χ2v) is 3.29. The quantitative estimate of drug-likeness (QED) is 0.733. The first kappa shape index (κ1) is 11.7. The van der Waals surface area contributed by atoms with Gasteiger partial charge in [0, 0.05) is 25.2 Å². The maximum Gasteiger partial charge on any atom is 0.305 e. The van der Waals surface area contributed by atoms with Crippen molar-refractivity contribution in [3.8, 4) is 0 Å². The number of carbonyl (C=O) groups excluding carboxylic acids is 1. The molecule has 2 N–H and O–H groups in total. The summed E-state index contributed by atoms with van der Waals surface area (Å²) >= 11 is 0. The van der Waals surface area contributed by atoms with Gasteiger partial charge in [-0.05, 0) is 19.4 Å². The number of esters is 1. The van der Waals surface area contributed by atoms with Crippen LogP contribution < -0.4 is 5.73 Å². The Kier molecular flexibility index (Phi) is 4.30. The number of aromatic nitrogens is 2. The van der Waals surface area contributed by atoms with Crippen LogP contribution in [0, 0.1) is 0 Å². The van der Waals surface area contributed by atoms with E-state index >= 15 is 0 Å². The zero-order chi connectivity index (χ0) is 11.3. The van der Waals surface area contributed by atoms with E-state index in [9.17, 15) is 4.79 Å². The van der Waals surface area contributed by atoms with Gasteiger partial charge in [0.25, 0.3) is 0 Å². The van der Waals surface area contributed by atoms with Gasteiger partial charge in [0.2, 0.25) is 0 Å².